The van der Waals surface area contributed by atoms with Gasteiger partial charge in [0.2, 0.25) is 0 Å². The van der Waals surface area contributed by atoms with E-state index in [9.17, 15) is 4.79 Å². The van der Waals surface area contributed by atoms with E-state index in [0.717, 1.165) is 11.1 Å². The van der Waals surface area contributed by atoms with E-state index in [1.54, 1.807) is 13.2 Å². The number of methoxy groups -OCH3 is 1. The van der Waals surface area contributed by atoms with Crippen molar-refractivity contribution in [2.75, 3.05) is 7.11 Å². The molecule has 2 aromatic carbocycles. The Morgan fingerprint density at radius 2 is 1.86 bits per heavy atom. The minimum atomic E-state index is -0.307. The quantitative estimate of drug-likeness (QED) is 0.616. The molecule has 0 amide bonds. The van der Waals surface area contributed by atoms with Gasteiger partial charge in [-0.3, -0.25) is 4.79 Å². The molecule has 108 valence electrons. The highest BCUT2D eigenvalue weighted by Gasteiger charge is 2.11. The van der Waals surface area contributed by atoms with Crippen molar-refractivity contribution in [3.63, 3.8) is 0 Å². The molecule has 3 heteroatoms. The summed E-state index contributed by atoms with van der Waals surface area (Å²) in [5.74, 6) is 0.678. The fourth-order valence-corrected chi connectivity index (χ4v) is 1.99. The highest BCUT2D eigenvalue weighted by molar-refractivity contribution is 5.76. The molecule has 0 fully saturated rings. The summed E-state index contributed by atoms with van der Waals surface area (Å²) >= 11 is 0. The molecule has 0 spiro atoms. The van der Waals surface area contributed by atoms with Gasteiger partial charge in [0, 0.05) is 0 Å². The largest absolute Gasteiger partial charge is 0.493 e. The zero-order valence-electron chi connectivity index (χ0n) is 12.2. The maximum Gasteiger partial charge on any atom is 0.315 e. The first-order valence-electron chi connectivity index (χ1n) is 6.78. The van der Waals surface area contributed by atoms with Crippen molar-refractivity contribution in [3.05, 3.63) is 65.7 Å². The smallest absolute Gasteiger partial charge is 0.315 e. The summed E-state index contributed by atoms with van der Waals surface area (Å²) in [6, 6.07) is 15.0. The fraction of sp³-hybridized carbons (Fsp3) is 0.167. The Morgan fingerprint density at radius 1 is 1.10 bits per heavy atom. The molecular formula is C18H18O3. The van der Waals surface area contributed by atoms with Gasteiger partial charge in [-0.25, -0.2) is 0 Å². The van der Waals surface area contributed by atoms with Crippen LogP contribution in [0.5, 0.6) is 11.5 Å². The van der Waals surface area contributed by atoms with Gasteiger partial charge in [0.1, 0.15) is 0 Å². The first kappa shape index (κ1) is 14.9. The van der Waals surface area contributed by atoms with Crippen molar-refractivity contribution in [2.45, 2.75) is 13.3 Å². The standard InChI is InChI=1S/C18H18O3/c1-3-7-14-10-11-16(17(12-14)20-2)21-18(19)13-15-8-5-4-6-9-15/h3-12H,13H2,1-2H3/b7-3+. The summed E-state index contributed by atoms with van der Waals surface area (Å²) in [5.41, 5.74) is 1.92. The van der Waals surface area contributed by atoms with E-state index in [4.69, 9.17) is 9.47 Å². The topological polar surface area (TPSA) is 35.5 Å². The molecule has 21 heavy (non-hydrogen) atoms. The van der Waals surface area contributed by atoms with Gasteiger partial charge >= 0.3 is 5.97 Å². The van der Waals surface area contributed by atoms with Crippen LogP contribution in [0.4, 0.5) is 0 Å². The second kappa shape index (κ2) is 7.29. The number of carbonyl (C=O) groups excluding carboxylic acids is 1. The number of allylic oxidation sites excluding steroid dienone is 1. The van der Waals surface area contributed by atoms with Crippen molar-refractivity contribution in [2.24, 2.45) is 0 Å². The number of esters is 1. The van der Waals surface area contributed by atoms with Crippen molar-refractivity contribution >= 4 is 12.0 Å². The second-order valence-electron chi connectivity index (χ2n) is 4.55. The number of hydrogen-bond acceptors (Lipinski definition) is 3. The van der Waals surface area contributed by atoms with E-state index >= 15 is 0 Å². The summed E-state index contributed by atoms with van der Waals surface area (Å²) in [7, 11) is 1.56. The number of hydrogen-bond donors (Lipinski definition) is 0. The van der Waals surface area contributed by atoms with Crippen LogP contribution in [0, 0.1) is 0 Å². The average molecular weight is 282 g/mol. The van der Waals surface area contributed by atoms with Crippen LogP contribution in [0.1, 0.15) is 18.1 Å². The first-order valence-corrected chi connectivity index (χ1v) is 6.78. The number of carbonyl (C=O) groups is 1. The van der Waals surface area contributed by atoms with E-state index < -0.39 is 0 Å². The third-order valence-electron chi connectivity index (χ3n) is 2.96. The number of ether oxygens (including phenoxy) is 2. The third-order valence-corrected chi connectivity index (χ3v) is 2.96. The van der Waals surface area contributed by atoms with Crippen LogP contribution in [0.25, 0.3) is 6.08 Å². The molecule has 0 atom stereocenters. The van der Waals surface area contributed by atoms with Gasteiger partial charge in [0.15, 0.2) is 11.5 Å². The number of benzene rings is 2. The molecule has 0 bridgehead atoms. The Labute approximate surface area is 124 Å². The SMILES string of the molecule is C/C=C/c1ccc(OC(=O)Cc2ccccc2)c(OC)c1. The molecule has 0 radical (unpaired) electrons. The summed E-state index contributed by atoms with van der Waals surface area (Å²) < 4.78 is 10.7. The summed E-state index contributed by atoms with van der Waals surface area (Å²) in [6.07, 6.45) is 4.13. The second-order valence-corrected chi connectivity index (χ2v) is 4.55. The summed E-state index contributed by atoms with van der Waals surface area (Å²) in [5, 5.41) is 0. The highest BCUT2D eigenvalue weighted by atomic mass is 16.6. The molecule has 0 saturated carbocycles. The zero-order chi connectivity index (χ0) is 15.1. The van der Waals surface area contributed by atoms with Crippen molar-refractivity contribution in [3.8, 4) is 11.5 Å². The summed E-state index contributed by atoms with van der Waals surface area (Å²) in [4.78, 5) is 12.0. The third kappa shape index (κ3) is 4.21. The van der Waals surface area contributed by atoms with E-state index in [1.165, 1.54) is 0 Å². The van der Waals surface area contributed by atoms with Gasteiger partial charge < -0.3 is 9.47 Å². The fourth-order valence-electron chi connectivity index (χ4n) is 1.99. The Bertz CT molecular complexity index is 630. The van der Waals surface area contributed by atoms with Gasteiger partial charge in [-0.2, -0.15) is 0 Å². The predicted octanol–water partition coefficient (Wildman–Crippen LogP) is 3.88. The molecular weight excluding hydrogens is 264 g/mol. The predicted molar refractivity (Wildman–Crippen MR) is 83.5 cm³/mol. The molecule has 0 saturated heterocycles. The molecule has 2 aromatic rings. The van der Waals surface area contributed by atoms with Crippen LogP contribution in [0.2, 0.25) is 0 Å². The van der Waals surface area contributed by atoms with Crippen molar-refractivity contribution < 1.29 is 14.3 Å². The van der Waals surface area contributed by atoms with Gasteiger partial charge in [0.25, 0.3) is 0 Å². The van der Waals surface area contributed by atoms with E-state index in [-0.39, 0.29) is 12.4 Å². The van der Waals surface area contributed by atoms with Crippen LogP contribution in [-0.4, -0.2) is 13.1 Å². The molecule has 0 heterocycles. The zero-order valence-corrected chi connectivity index (χ0v) is 12.2. The molecule has 2 rings (SSSR count). The summed E-state index contributed by atoms with van der Waals surface area (Å²) in [6.45, 7) is 1.94. The minimum Gasteiger partial charge on any atom is -0.493 e. The van der Waals surface area contributed by atoms with Crippen LogP contribution in [0.3, 0.4) is 0 Å². The molecule has 0 N–H and O–H groups in total. The molecule has 0 unspecified atom stereocenters. The van der Waals surface area contributed by atoms with Crippen molar-refractivity contribution in [1.82, 2.24) is 0 Å². The Hall–Kier alpha value is -2.55. The lowest BCUT2D eigenvalue weighted by Gasteiger charge is -2.10. The highest BCUT2D eigenvalue weighted by Crippen LogP contribution is 2.28. The van der Waals surface area contributed by atoms with Crippen molar-refractivity contribution in [1.29, 1.82) is 0 Å². The van der Waals surface area contributed by atoms with Gasteiger partial charge in [-0.1, -0.05) is 48.6 Å². The van der Waals surface area contributed by atoms with E-state index in [2.05, 4.69) is 0 Å². The molecule has 0 aliphatic rings. The van der Waals surface area contributed by atoms with Crippen LogP contribution < -0.4 is 9.47 Å². The van der Waals surface area contributed by atoms with Crippen LogP contribution >= 0.6 is 0 Å². The Kier molecular flexibility index (Phi) is 5.16. The van der Waals surface area contributed by atoms with Crippen LogP contribution in [-0.2, 0) is 11.2 Å². The van der Waals surface area contributed by atoms with Crippen LogP contribution in [0.15, 0.2) is 54.6 Å². The molecule has 0 aliphatic heterocycles. The number of rotatable bonds is 5. The molecule has 0 aliphatic carbocycles. The van der Waals surface area contributed by atoms with E-state index in [1.807, 2.05) is 61.5 Å². The Balaban J connectivity index is 2.10. The average Bonchev–Trinajstić information content (AvgIpc) is 2.50. The lowest BCUT2D eigenvalue weighted by atomic mass is 10.1. The molecule has 3 nitrogen and oxygen atoms in total. The van der Waals surface area contributed by atoms with Gasteiger partial charge in [0.05, 0.1) is 13.5 Å². The van der Waals surface area contributed by atoms with E-state index in [0.29, 0.717) is 11.5 Å². The first-order chi connectivity index (χ1) is 10.2. The Morgan fingerprint density at radius 3 is 2.52 bits per heavy atom. The minimum absolute atomic E-state index is 0.237. The maximum absolute atomic E-state index is 12.0. The van der Waals surface area contributed by atoms with Gasteiger partial charge in [-0.05, 0) is 30.2 Å². The van der Waals surface area contributed by atoms with Gasteiger partial charge in [-0.15, -0.1) is 0 Å². The maximum atomic E-state index is 12.0. The lowest BCUT2D eigenvalue weighted by Crippen LogP contribution is -2.11. The normalized spacial score (nSPS) is 10.6. The molecule has 0 aromatic heterocycles. The monoisotopic (exact) mass is 282 g/mol. The lowest BCUT2D eigenvalue weighted by molar-refractivity contribution is -0.133.